The summed E-state index contributed by atoms with van der Waals surface area (Å²) in [6.45, 7) is 0. The minimum atomic E-state index is -0.410. The molecular formula is C19H14FN3O2S. The van der Waals surface area contributed by atoms with Crippen molar-refractivity contribution in [3.05, 3.63) is 70.4 Å². The van der Waals surface area contributed by atoms with Crippen LogP contribution < -0.4 is 15.8 Å². The number of nitrogens with two attached hydrogens (primary N) is 1. The maximum atomic E-state index is 13.4. The van der Waals surface area contributed by atoms with Crippen molar-refractivity contribution < 1.29 is 13.9 Å². The summed E-state index contributed by atoms with van der Waals surface area (Å²) in [7, 11) is 1.54. The van der Waals surface area contributed by atoms with Gasteiger partial charge in [0.05, 0.1) is 12.8 Å². The minimum absolute atomic E-state index is 0.109. The number of nitrogen functional groups attached to an aromatic ring is 1. The van der Waals surface area contributed by atoms with Gasteiger partial charge in [0.25, 0.3) is 0 Å². The minimum Gasteiger partial charge on any atom is -0.497 e. The average molecular weight is 367 g/mol. The van der Waals surface area contributed by atoms with E-state index in [0.29, 0.717) is 22.0 Å². The zero-order chi connectivity index (χ0) is 18.7. The van der Waals surface area contributed by atoms with Crippen molar-refractivity contribution in [1.82, 2.24) is 0 Å². The summed E-state index contributed by atoms with van der Waals surface area (Å²) in [5, 5.41) is 12.8. The molecule has 1 aromatic heterocycles. The molecule has 0 spiro atoms. The molecule has 0 bridgehead atoms. The van der Waals surface area contributed by atoms with Gasteiger partial charge in [-0.05, 0) is 42.5 Å². The lowest BCUT2D eigenvalue weighted by atomic mass is 10.1. The van der Waals surface area contributed by atoms with Gasteiger partial charge in [-0.2, -0.15) is 5.26 Å². The van der Waals surface area contributed by atoms with E-state index in [2.05, 4.69) is 5.32 Å². The highest BCUT2D eigenvalue weighted by Crippen LogP contribution is 2.38. The van der Waals surface area contributed by atoms with E-state index in [-0.39, 0.29) is 21.9 Å². The molecule has 5 nitrogen and oxygen atoms in total. The van der Waals surface area contributed by atoms with Crippen LogP contribution in [0.3, 0.4) is 0 Å². The molecule has 3 rings (SSSR count). The summed E-state index contributed by atoms with van der Waals surface area (Å²) in [5.74, 6) is -0.0709. The summed E-state index contributed by atoms with van der Waals surface area (Å²) in [4.78, 5) is 13.0. The molecule has 1 heterocycles. The van der Waals surface area contributed by atoms with Gasteiger partial charge in [-0.25, -0.2) is 4.39 Å². The molecule has 0 unspecified atom stereocenters. The Morgan fingerprint density at radius 3 is 2.62 bits per heavy atom. The number of halogens is 1. The molecule has 0 atom stereocenters. The van der Waals surface area contributed by atoms with E-state index in [1.807, 2.05) is 6.07 Å². The predicted molar refractivity (Wildman–Crippen MR) is 99.6 cm³/mol. The molecule has 0 aliphatic rings. The Bertz CT molecular complexity index is 1010. The molecule has 0 amide bonds. The zero-order valence-corrected chi connectivity index (χ0v) is 14.6. The lowest BCUT2D eigenvalue weighted by molar-refractivity contribution is 0.104. The van der Waals surface area contributed by atoms with Gasteiger partial charge in [0.15, 0.2) is 0 Å². The maximum absolute atomic E-state index is 13.4. The Hall–Kier alpha value is -3.37. The Balaban J connectivity index is 1.96. The number of hydrogen-bond donors (Lipinski definition) is 2. The van der Waals surface area contributed by atoms with Crippen molar-refractivity contribution in [2.45, 2.75) is 0 Å². The predicted octanol–water partition coefficient (Wildman–Crippen LogP) is 4.32. The Morgan fingerprint density at radius 1 is 1.27 bits per heavy atom. The Labute approximate surface area is 153 Å². The van der Waals surface area contributed by atoms with Gasteiger partial charge in [-0.1, -0.05) is 6.07 Å². The lowest BCUT2D eigenvalue weighted by Crippen LogP contribution is -2.02. The van der Waals surface area contributed by atoms with E-state index in [4.69, 9.17) is 10.5 Å². The van der Waals surface area contributed by atoms with Crippen LogP contribution in [0.15, 0.2) is 48.5 Å². The second kappa shape index (κ2) is 7.25. The van der Waals surface area contributed by atoms with Crippen LogP contribution in [0, 0.1) is 17.1 Å². The first kappa shape index (κ1) is 17.5. The summed E-state index contributed by atoms with van der Waals surface area (Å²) in [6.07, 6.45) is 0. The van der Waals surface area contributed by atoms with Crippen LogP contribution in [-0.4, -0.2) is 12.9 Å². The number of nitrogens with zero attached hydrogens (tertiary/aromatic N) is 1. The van der Waals surface area contributed by atoms with E-state index in [9.17, 15) is 14.4 Å². The number of ether oxygens (including phenoxy) is 1. The zero-order valence-electron chi connectivity index (χ0n) is 13.7. The van der Waals surface area contributed by atoms with Crippen molar-refractivity contribution in [3.8, 4) is 11.8 Å². The molecule has 26 heavy (non-hydrogen) atoms. The van der Waals surface area contributed by atoms with Crippen molar-refractivity contribution in [2.24, 2.45) is 0 Å². The third-order valence-corrected chi connectivity index (χ3v) is 4.82. The third kappa shape index (κ3) is 3.36. The van der Waals surface area contributed by atoms with Crippen molar-refractivity contribution >= 4 is 33.5 Å². The number of carbonyl (C=O) groups is 1. The molecule has 0 saturated carbocycles. The average Bonchev–Trinajstić information content (AvgIpc) is 2.96. The van der Waals surface area contributed by atoms with Crippen LogP contribution >= 0.6 is 11.3 Å². The molecule has 0 saturated heterocycles. The smallest absolute Gasteiger partial charge is 0.205 e. The van der Waals surface area contributed by atoms with Crippen molar-refractivity contribution in [3.63, 3.8) is 0 Å². The van der Waals surface area contributed by atoms with E-state index in [0.717, 1.165) is 11.3 Å². The largest absolute Gasteiger partial charge is 0.497 e. The van der Waals surface area contributed by atoms with E-state index >= 15 is 0 Å². The van der Waals surface area contributed by atoms with Gasteiger partial charge >= 0.3 is 0 Å². The van der Waals surface area contributed by atoms with Gasteiger partial charge in [0.1, 0.15) is 33.1 Å². The maximum Gasteiger partial charge on any atom is 0.205 e. The highest BCUT2D eigenvalue weighted by Gasteiger charge is 2.22. The number of benzene rings is 2. The van der Waals surface area contributed by atoms with E-state index < -0.39 is 5.82 Å². The third-order valence-electron chi connectivity index (χ3n) is 3.70. The first-order chi connectivity index (χ1) is 12.5. The van der Waals surface area contributed by atoms with Crippen molar-refractivity contribution in [2.75, 3.05) is 18.2 Å². The number of ketones is 1. The molecule has 0 aliphatic heterocycles. The van der Waals surface area contributed by atoms with Gasteiger partial charge in [-0.3, -0.25) is 4.79 Å². The van der Waals surface area contributed by atoms with Crippen LogP contribution in [0.25, 0.3) is 0 Å². The summed E-state index contributed by atoms with van der Waals surface area (Å²) in [5.41, 5.74) is 7.19. The Morgan fingerprint density at radius 2 is 2.00 bits per heavy atom. The monoisotopic (exact) mass is 367 g/mol. The summed E-state index contributed by atoms with van der Waals surface area (Å²) in [6, 6.07) is 14.4. The van der Waals surface area contributed by atoms with Gasteiger partial charge < -0.3 is 15.8 Å². The fourth-order valence-electron chi connectivity index (χ4n) is 2.38. The molecule has 0 radical (unpaired) electrons. The molecule has 0 aliphatic carbocycles. The first-order valence-corrected chi connectivity index (χ1v) is 8.39. The van der Waals surface area contributed by atoms with Crippen LogP contribution in [0.2, 0.25) is 0 Å². The van der Waals surface area contributed by atoms with Crippen LogP contribution in [-0.2, 0) is 0 Å². The number of carbonyl (C=O) groups excluding carboxylic acids is 1. The van der Waals surface area contributed by atoms with Crippen LogP contribution in [0.4, 0.5) is 20.8 Å². The number of anilines is 3. The van der Waals surface area contributed by atoms with E-state index in [1.165, 1.54) is 19.2 Å². The highest BCUT2D eigenvalue weighted by atomic mass is 32.1. The second-order valence-corrected chi connectivity index (χ2v) is 6.37. The Kier molecular flexibility index (Phi) is 4.87. The second-order valence-electron chi connectivity index (χ2n) is 5.35. The number of nitriles is 1. The van der Waals surface area contributed by atoms with Crippen LogP contribution in [0.5, 0.6) is 5.75 Å². The molecule has 7 heteroatoms. The fourth-order valence-corrected chi connectivity index (χ4v) is 3.44. The SMILES string of the molecule is COc1ccc(C(=O)c2sc(Nc3cccc(F)c3)c(C#N)c2N)cc1. The van der Waals surface area contributed by atoms with Gasteiger partial charge in [0.2, 0.25) is 5.78 Å². The number of hydrogen-bond acceptors (Lipinski definition) is 6. The molecule has 3 aromatic rings. The molecular weight excluding hydrogens is 353 g/mol. The number of methoxy groups -OCH3 is 1. The number of nitrogens with one attached hydrogen (secondary N) is 1. The van der Waals surface area contributed by atoms with Crippen molar-refractivity contribution in [1.29, 1.82) is 5.26 Å². The van der Waals surface area contributed by atoms with Gasteiger partial charge in [0, 0.05) is 11.3 Å². The topological polar surface area (TPSA) is 88.1 Å². The molecule has 3 N–H and O–H groups in total. The first-order valence-electron chi connectivity index (χ1n) is 7.57. The normalized spacial score (nSPS) is 10.2. The number of rotatable bonds is 5. The highest BCUT2D eigenvalue weighted by molar-refractivity contribution is 7.19. The molecule has 0 fully saturated rings. The van der Waals surface area contributed by atoms with Crippen LogP contribution in [0.1, 0.15) is 20.8 Å². The van der Waals surface area contributed by atoms with E-state index in [1.54, 1.807) is 36.4 Å². The molecule has 2 aromatic carbocycles. The summed E-state index contributed by atoms with van der Waals surface area (Å²) >= 11 is 1.06. The fraction of sp³-hybridized carbons (Fsp3) is 0.0526. The lowest BCUT2D eigenvalue weighted by Gasteiger charge is -2.04. The van der Waals surface area contributed by atoms with Gasteiger partial charge in [-0.15, -0.1) is 11.3 Å². The molecule has 130 valence electrons. The quantitative estimate of drug-likeness (QED) is 0.656. The summed E-state index contributed by atoms with van der Waals surface area (Å²) < 4.78 is 18.4. The standard InChI is InChI=1S/C19H14FN3O2S/c1-25-14-7-5-11(6-8-14)17(24)18-16(22)15(10-21)19(26-18)23-13-4-2-3-12(20)9-13/h2-9,23H,22H2,1H3. The number of thiophene rings is 1.